The van der Waals surface area contributed by atoms with Crippen molar-refractivity contribution in [2.45, 2.75) is 39.7 Å². The zero-order valence-electron chi connectivity index (χ0n) is 12.7. The molecule has 0 saturated heterocycles. The van der Waals surface area contributed by atoms with Gasteiger partial charge in [-0.15, -0.1) is 0 Å². The molecule has 0 aliphatic carbocycles. The van der Waals surface area contributed by atoms with Crippen molar-refractivity contribution in [2.24, 2.45) is 5.41 Å². The predicted octanol–water partition coefficient (Wildman–Crippen LogP) is 1.25. The largest absolute Gasteiger partial charge is 0.462 e. The topological polar surface area (TPSA) is 145 Å². The molecule has 0 radical (unpaired) electrons. The summed E-state index contributed by atoms with van der Waals surface area (Å²) in [6.45, 7) is 8.07. The quantitative estimate of drug-likeness (QED) is 0.248. The Bertz CT molecular complexity index is 445. The van der Waals surface area contributed by atoms with Crippen LogP contribution in [0.3, 0.4) is 0 Å². The number of ether oxygens (including phenoxy) is 1. The summed E-state index contributed by atoms with van der Waals surface area (Å²) in [6, 6.07) is 0. The van der Waals surface area contributed by atoms with Gasteiger partial charge in [0.2, 0.25) is 0 Å². The number of hydrogen-bond acceptors (Lipinski definition) is 7. The molecular weight excluding hydrogens is 302 g/mol. The molecule has 0 aromatic rings. The van der Waals surface area contributed by atoms with Crippen molar-refractivity contribution in [3.05, 3.63) is 12.2 Å². The summed E-state index contributed by atoms with van der Waals surface area (Å²) in [7, 11) is -4.56. The maximum atomic E-state index is 11.1. The minimum absolute atomic E-state index is 0. The van der Waals surface area contributed by atoms with Crippen molar-refractivity contribution in [1.82, 2.24) is 6.15 Å². The van der Waals surface area contributed by atoms with Crippen LogP contribution in [-0.2, 0) is 24.1 Å². The molecule has 9 heteroatoms. The monoisotopic (exact) mass is 327 g/mol. The molecule has 0 rings (SSSR count). The maximum Gasteiger partial charge on any atom is 0.397 e. The molecule has 1 atom stereocenters. The van der Waals surface area contributed by atoms with Crippen LogP contribution in [0.15, 0.2) is 12.2 Å². The number of esters is 1. The van der Waals surface area contributed by atoms with Gasteiger partial charge in [-0.2, -0.15) is 8.42 Å². The second kappa shape index (κ2) is 9.11. The lowest BCUT2D eigenvalue weighted by Gasteiger charge is -2.29. The molecule has 8 nitrogen and oxygen atoms in total. The summed E-state index contributed by atoms with van der Waals surface area (Å²) < 4.78 is 38.3. The van der Waals surface area contributed by atoms with Crippen LogP contribution >= 0.6 is 0 Å². The average Bonchev–Trinajstić information content (AvgIpc) is 2.30. The number of aliphatic hydroxyl groups excluding tert-OH is 1. The highest BCUT2D eigenvalue weighted by molar-refractivity contribution is 7.80. The molecular formula is C12H25NO7S. The van der Waals surface area contributed by atoms with Gasteiger partial charge in [-0.3, -0.25) is 4.55 Å². The van der Waals surface area contributed by atoms with E-state index in [0.717, 1.165) is 0 Å². The molecule has 0 amide bonds. The van der Waals surface area contributed by atoms with E-state index in [1.54, 1.807) is 20.8 Å². The fourth-order valence-corrected chi connectivity index (χ4v) is 1.66. The van der Waals surface area contributed by atoms with Crippen LogP contribution in [0, 0.1) is 5.41 Å². The number of rotatable bonds is 9. The second-order valence-electron chi connectivity index (χ2n) is 5.24. The summed E-state index contributed by atoms with van der Waals surface area (Å²) in [5, 5.41) is 9.81. The Labute approximate surface area is 125 Å². The summed E-state index contributed by atoms with van der Waals surface area (Å²) in [5.41, 5.74) is -0.341. The average molecular weight is 327 g/mol. The molecule has 1 unspecified atom stereocenters. The second-order valence-corrected chi connectivity index (χ2v) is 6.33. The van der Waals surface area contributed by atoms with Crippen molar-refractivity contribution >= 4 is 16.4 Å². The standard InChI is InChI=1S/C12H22O7S.H3N/c1-9(2)11(14)18-7-5-6-12(3,4)10(13)8-19-20(15,16)17;/h10,13H,1,5-8H2,2-4H3,(H,15,16,17);1H3. The smallest absolute Gasteiger partial charge is 0.397 e. The molecule has 21 heavy (non-hydrogen) atoms. The van der Waals surface area contributed by atoms with Crippen molar-refractivity contribution < 1.29 is 31.8 Å². The normalized spacial score (nSPS) is 13.2. The lowest BCUT2D eigenvalue weighted by molar-refractivity contribution is -0.139. The molecule has 0 heterocycles. The van der Waals surface area contributed by atoms with Crippen LogP contribution in [0.25, 0.3) is 0 Å². The van der Waals surface area contributed by atoms with Crippen LogP contribution in [-0.4, -0.2) is 43.4 Å². The van der Waals surface area contributed by atoms with E-state index in [-0.39, 0.29) is 12.8 Å². The molecule has 0 aliphatic rings. The third kappa shape index (κ3) is 10.4. The zero-order valence-corrected chi connectivity index (χ0v) is 13.5. The summed E-state index contributed by atoms with van der Waals surface area (Å²) in [6.07, 6.45) is -0.109. The van der Waals surface area contributed by atoms with Crippen LogP contribution < -0.4 is 6.15 Å². The van der Waals surface area contributed by atoms with E-state index in [1.165, 1.54) is 0 Å². The fourth-order valence-electron chi connectivity index (χ4n) is 1.36. The van der Waals surface area contributed by atoms with Gasteiger partial charge in [0.25, 0.3) is 0 Å². The van der Waals surface area contributed by atoms with E-state index >= 15 is 0 Å². The van der Waals surface area contributed by atoms with E-state index in [0.29, 0.717) is 18.4 Å². The van der Waals surface area contributed by atoms with Gasteiger partial charge >= 0.3 is 16.4 Å². The van der Waals surface area contributed by atoms with Crippen molar-refractivity contribution in [2.75, 3.05) is 13.2 Å². The van der Waals surface area contributed by atoms with Crippen LogP contribution in [0.1, 0.15) is 33.6 Å². The minimum atomic E-state index is -4.56. The molecule has 0 aliphatic heterocycles. The van der Waals surface area contributed by atoms with Gasteiger partial charge < -0.3 is 16.0 Å². The van der Waals surface area contributed by atoms with E-state index in [1.807, 2.05) is 0 Å². The highest BCUT2D eigenvalue weighted by Crippen LogP contribution is 2.27. The first-order valence-corrected chi connectivity index (χ1v) is 7.45. The number of aliphatic hydroxyl groups is 1. The van der Waals surface area contributed by atoms with Gasteiger partial charge in [-0.05, 0) is 25.2 Å². The lowest BCUT2D eigenvalue weighted by atomic mass is 9.82. The number of carbonyl (C=O) groups excluding carboxylic acids is 1. The van der Waals surface area contributed by atoms with Crippen molar-refractivity contribution in [1.29, 1.82) is 0 Å². The first kappa shape index (κ1) is 22.3. The SMILES string of the molecule is C=C(C)C(=O)OCCCC(C)(C)C(O)COS(=O)(=O)O.N. The van der Waals surface area contributed by atoms with Gasteiger partial charge in [0.1, 0.15) is 0 Å². The Hall–Kier alpha value is -1.00. The predicted molar refractivity (Wildman–Crippen MR) is 77.3 cm³/mol. The molecule has 0 fully saturated rings. The molecule has 126 valence electrons. The number of carbonyl (C=O) groups is 1. The first-order valence-electron chi connectivity index (χ1n) is 6.08. The summed E-state index contributed by atoms with van der Waals surface area (Å²) >= 11 is 0. The summed E-state index contributed by atoms with van der Waals surface area (Å²) in [4.78, 5) is 11.1. The minimum Gasteiger partial charge on any atom is -0.462 e. The van der Waals surface area contributed by atoms with E-state index in [2.05, 4.69) is 10.8 Å². The van der Waals surface area contributed by atoms with Gasteiger partial charge in [-0.1, -0.05) is 20.4 Å². The highest BCUT2D eigenvalue weighted by Gasteiger charge is 2.29. The zero-order chi connectivity index (χ0) is 16.0. The van der Waals surface area contributed by atoms with E-state index in [9.17, 15) is 18.3 Å². The van der Waals surface area contributed by atoms with E-state index < -0.39 is 34.5 Å². The Morgan fingerprint density at radius 3 is 2.33 bits per heavy atom. The molecule has 0 aromatic carbocycles. The molecule has 0 spiro atoms. The lowest BCUT2D eigenvalue weighted by Crippen LogP contribution is -2.34. The Morgan fingerprint density at radius 2 is 1.90 bits per heavy atom. The van der Waals surface area contributed by atoms with Gasteiger partial charge in [-0.25, -0.2) is 8.98 Å². The van der Waals surface area contributed by atoms with Gasteiger partial charge in [0, 0.05) is 5.57 Å². The first-order chi connectivity index (χ1) is 8.96. The van der Waals surface area contributed by atoms with Crippen molar-refractivity contribution in [3.8, 4) is 0 Å². The Balaban J connectivity index is 0. The van der Waals surface area contributed by atoms with Crippen LogP contribution in [0.5, 0.6) is 0 Å². The van der Waals surface area contributed by atoms with Gasteiger partial charge in [0.15, 0.2) is 0 Å². The van der Waals surface area contributed by atoms with Gasteiger partial charge in [0.05, 0.1) is 19.3 Å². The Morgan fingerprint density at radius 1 is 1.38 bits per heavy atom. The van der Waals surface area contributed by atoms with Crippen molar-refractivity contribution in [3.63, 3.8) is 0 Å². The Kier molecular flexibility index (Phi) is 9.66. The third-order valence-corrected chi connectivity index (χ3v) is 3.26. The fraction of sp³-hybridized carbons (Fsp3) is 0.750. The molecule has 0 bridgehead atoms. The molecule has 0 saturated carbocycles. The maximum absolute atomic E-state index is 11.1. The van der Waals surface area contributed by atoms with Crippen LogP contribution in [0.2, 0.25) is 0 Å². The molecule has 5 N–H and O–H groups in total. The number of hydrogen-bond donors (Lipinski definition) is 3. The van der Waals surface area contributed by atoms with Crippen LogP contribution in [0.4, 0.5) is 0 Å². The third-order valence-electron chi connectivity index (χ3n) is 2.82. The highest BCUT2D eigenvalue weighted by atomic mass is 32.3. The molecule has 0 aromatic heterocycles. The van der Waals surface area contributed by atoms with E-state index in [4.69, 9.17) is 9.29 Å². The summed E-state index contributed by atoms with van der Waals surface area (Å²) in [5.74, 6) is -0.474.